The number of carbonyl (C=O) groups excluding carboxylic acids is 1. The molecule has 0 aliphatic heterocycles. The Hall–Kier alpha value is -1.05. The van der Waals surface area contributed by atoms with E-state index in [1.807, 2.05) is 20.8 Å². The van der Waals surface area contributed by atoms with E-state index in [0.717, 1.165) is 18.3 Å². The third kappa shape index (κ3) is 4.72. The third-order valence-corrected chi connectivity index (χ3v) is 4.82. The monoisotopic (exact) mass is 290 g/mol. The van der Waals surface area contributed by atoms with Crippen molar-refractivity contribution in [2.45, 2.75) is 72.1 Å². The van der Waals surface area contributed by atoms with Gasteiger partial charge in [-0.1, -0.05) is 50.3 Å². The Bertz CT molecular complexity index is 419. The van der Waals surface area contributed by atoms with E-state index < -0.39 is 5.41 Å². The molecule has 0 aromatic rings. The summed E-state index contributed by atoms with van der Waals surface area (Å²) in [7, 11) is 0. The molecule has 0 spiro atoms. The van der Waals surface area contributed by atoms with E-state index in [0.29, 0.717) is 5.76 Å². The molecule has 0 radical (unpaired) electrons. The molecule has 0 amide bonds. The minimum Gasteiger partial charge on any atom is -0.431 e. The van der Waals surface area contributed by atoms with Crippen LogP contribution in [-0.2, 0) is 9.53 Å². The summed E-state index contributed by atoms with van der Waals surface area (Å²) in [4.78, 5) is 11.9. The van der Waals surface area contributed by atoms with Gasteiger partial charge in [0.05, 0.1) is 5.41 Å². The number of hydrogen-bond acceptors (Lipinski definition) is 2. The zero-order valence-corrected chi connectivity index (χ0v) is 13.9. The average molecular weight is 290 g/mol. The Morgan fingerprint density at radius 1 is 1.24 bits per heavy atom. The number of hydrogen-bond donors (Lipinski definition) is 0. The van der Waals surface area contributed by atoms with Gasteiger partial charge < -0.3 is 4.74 Å². The molecule has 1 atom stereocenters. The summed E-state index contributed by atoms with van der Waals surface area (Å²) in [6.45, 7) is 9.54. The fourth-order valence-electron chi connectivity index (χ4n) is 3.50. The molecular formula is C19H30O2. The van der Waals surface area contributed by atoms with Crippen molar-refractivity contribution in [3.05, 3.63) is 24.0 Å². The van der Waals surface area contributed by atoms with E-state index in [9.17, 15) is 4.79 Å². The first-order chi connectivity index (χ1) is 9.86. The molecule has 0 aromatic carbocycles. The molecular weight excluding hydrogens is 260 g/mol. The Morgan fingerprint density at radius 3 is 2.52 bits per heavy atom. The maximum Gasteiger partial charge on any atom is 0.316 e. The second kappa shape index (κ2) is 6.81. The van der Waals surface area contributed by atoms with Gasteiger partial charge in [-0.05, 0) is 45.4 Å². The first-order valence-corrected chi connectivity index (χ1v) is 8.44. The van der Waals surface area contributed by atoms with Gasteiger partial charge in [0.1, 0.15) is 5.76 Å². The average Bonchev–Trinajstić information content (AvgIpc) is 2.87. The molecule has 2 aliphatic carbocycles. The van der Waals surface area contributed by atoms with Crippen LogP contribution < -0.4 is 0 Å². The Morgan fingerprint density at radius 2 is 1.90 bits per heavy atom. The molecule has 2 rings (SSSR count). The molecule has 1 unspecified atom stereocenters. The van der Waals surface area contributed by atoms with Crippen molar-refractivity contribution in [3.63, 3.8) is 0 Å². The van der Waals surface area contributed by atoms with Crippen molar-refractivity contribution in [1.82, 2.24) is 0 Å². The Kier molecular flexibility index (Phi) is 5.29. The summed E-state index contributed by atoms with van der Waals surface area (Å²) < 4.78 is 5.38. The third-order valence-electron chi connectivity index (χ3n) is 4.82. The molecule has 21 heavy (non-hydrogen) atoms. The van der Waals surface area contributed by atoms with Gasteiger partial charge in [-0.25, -0.2) is 0 Å². The predicted molar refractivity (Wildman–Crippen MR) is 86.7 cm³/mol. The minimum absolute atomic E-state index is 0.185. The van der Waals surface area contributed by atoms with Crippen molar-refractivity contribution < 1.29 is 9.53 Å². The lowest BCUT2D eigenvalue weighted by Gasteiger charge is -2.27. The quantitative estimate of drug-likeness (QED) is 0.394. The summed E-state index contributed by atoms with van der Waals surface area (Å²) in [6, 6.07) is 0. The van der Waals surface area contributed by atoms with E-state index in [-0.39, 0.29) is 5.97 Å². The molecule has 1 saturated carbocycles. The van der Waals surface area contributed by atoms with E-state index in [1.165, 1.54) is 50.5 Å². The highest BCUT2D eigenvalue weighted by molar-refractivity contribution is 5.76. The summed E-state index contributed by atoms with van der Waals surface area (Å²) in [5.41, 5.74) is 0.953. The van der Waals surface area contributed by atoms with Crippen LogP contribution in [0.2, 0.25) is 0 Å². The summed E-state index contributed by atoms with van der Waals surface area (Å²) in [5.74, 6) is 2.16. The number of esters is 1. The SMILES string of the molecule is C=C(CC1=CCC(C2CCCCC2)C1)OC(=O)C(C)(C)C. The fourth-order valence-corrected chi connectivity index (χ4v) is 3.50. The molecule has 0 N–H and O–H groups in total. The maximum atomic E-state index is 11.9. The van der Waals surface area contributed by atoms with Crippen LogP contribution in [0.1, 0.15) is 72.1 Å². The molecule has 118 valence electrons. The largest absolute Gasteiger partial charge is 0.431 e. The fraction of sp³-hybridized carbons (Fsp3) is 0.737. The summed E-state index contributed by atoms with van der Waals surface area (Å²) in [6.07, 6.45) is 12.5. The van der Waals surface area contributed by atoms with Gasteiger partial charge in [0.2, 0.25) is 0 Å². The lowest BCUT2D eigenvalue weighted by Crippen LogP contribution is -2.22. The van der Waals surface area contributed by atoms with Crippen molar-refractivity contribution in [2.24, 2.45) is 17.3 Å². The minimum atomic E-state index is -0.461. The van der Waals surface area contributed by atoms with E-state index in [4.69, 9.17) is 4.74 Å². The highest BCUT2D eigenvalue weighted by Gasteiger charge is 2.28. The van der Waals surface area contributed by atoms with Crippen LogP contribution in [0.25, 0.3) is 0 Å². The van der Waals surface area contributed by atoms with E-state index >= 15 is 0 Å². The maximum absolute atomic E-state index is 11.9. The van der Waals surface area contributed by atoms with Crippen LogP contribution in [0, 0.1) is 17.3 Å². The van der Waals surface area contributed by atoms with Gasteiger partial charge in [-0.3, -0.25) is 4.79 Å². The van der Waals surface area contributed by atoms with Gasteiger partial charge >= 0.3 is 5.97 Å². The van der Waals surface area contributed by atoms with Crippen LogP contribution in [0.15, 0.2) is 24.0 Å². The van der Waals surface area contributed by atoms with Gasteiger partial charge in [-0.2, -0.15) is 0 Å². The number of carbonyl (C=O) groups is 1. The van der Waals surface area contributed by atoms with Crippen LogP contribution in [0.3, 0.4) is 0 Å². The molecule has 0 saturated heterocycles. The second-order valence-electron chi connectivity index (χ2n) is 7.82. The molecule has 2 nitrogen and oxygen atoms in total. The second-order valence-corrected chi connectivity index (χ2v) is 7.82. The Labute approximate surface area is 129 Å². The summed E-state index contributed by atoms with van der Waals surface area (Å²) >= 11 is 0. The van der Waals surface area contributed by atoms with Crippen molar-refractivity contribution in [1.29, 1.82) is 0 Å². The van der Waals surface area contributed by atoms with E-state index in [2.05, 4.69) is 12.7 Å². The van der Waals surface area contributed by atoms with Gasteiger partial charge in [0.25, 0.3) is 0 Å². The van der Waals surface area contributed by atoms with Crippen molar-refractivity contribution >= 4 is 5.97 Å². The van der Waals surface area contributed by atoms with Gasteiger partial charge in [0, 0.05) is 6.42 Å². The zero-order valence-electron chi connectivity index (χ0n) is 13.9. The Balaban J connectivity index is 1.77. The number of allylic oxidation sites excluding steroid dienone is 2. The summed E-state index contributed by atoms with van der Waals surface area (Å²) in [5, 5.41) is 0. The topological polar surface area (TPSA) is 26.3 Å². The van der Waals surface area contributed by atoms with Crippen molar-refractivity contribution in [3.8, 4) is 0 Å². The van der Waals surface area contributed by atoms with Gasteiger partial charge in [0.15, 0.2) is 0 Å². The molecule has 0 aromatic heterocycles. The highest BCUT2D eigenvalue weighted by atomic mass is 16.5. The van der Waals surface area contributed by atoms with Crippen molar-refractivity contribution in [2.75, 3.05) is 0 Å². The predicted octanol–water partition coefficient (Wildman–Crippen LogP) is 5.40. The number of ether oxygens (including phenoxy) is 1. The lowest BCUT2D eigenvalue weighted by molar-refractivity contribution is -0.148. The zero-order chi connectivity index (χ0) is 15.5. The standard InChI is InChI=1S/C19H30O2/c1-14(21-18(20)19(2,3)4)12-15-10-11-17(13-15)16-8-6-5-7-9-16/h10,16-17H,1,5-9,11-13H2,2-4H3. The molecule has 1 fully saturated rings. The molecule has 2 heteroatoms. The molecule has 2 aliphatic rings. The van der Waals surface area contributed by atoms with Crippen LogP contribution >= 0.6 is 0 Å². The van der Waals surface area contributed by atoms with Gasteiger partial charge in [-0.15, -0.1) is 0 Å². The highest BCUT2D eigenvalue weighted by Crippen LogP contribution is 2.40. The lowest BCUT2D eigenvalue weighted by atomic mass is 9.78. The van der Waals surface area contributed by atoms with Crippen LogP contribution in [0.5, 0.6) is 0 Å². The van der Waals surface area contributed by atoms with E-state index in [1.54, 1.807) is 0 Å². The molecule has 0 heterocycles. The number of rotatable bonds is 4. The molecule has 0 bridgehead atoms. The smallest absolute Gasteiger partial charge is 0.316 e. The normalized spacial score (nSPS) is 23.8. The first-order valence-electron chi connectivity index (χ1n) is 8.44. The van der Waals surface area contributed by atoms with Crippen LogP contribution in [0.4, 0.5) is 0 Å². The first kappa shape index (κ1) is 16.3. The van der Waals surface area contributed by atoms with Crippen LogP contribution in [-0.4, -0.2) is 5.97 Å².